The number of nitrogens with one attached hydrogen (secondary N) is 1. The molecular weight excluding hydrogens is 440 g/mol. The molecule has 2 aliphatic rings. The molecule has 2 heterocycles. The summed E-state index contributed by atoms with van der Waals surface area (Å²) in [5.74, 6) is -1.26. The van der Waals surface area contributed by atoms with E-state index in [1.165, 1.54) is 0 Å². The van der Waals surface area contributed by atoms with Gasteiger partial charge >= 0.3 is 0 Å². The van der Waals surface area contributed by atoms with Gasteiger partial charge in [0.05, 0.1) is 17.0 Å². The second-order valence-electron chi connectivity index (χ2n) is 7.45. The number of carbonyl (C=O) groups is 4. The van der Waals surface area contributed by atoms with Crippen molar-refractivity contribution >= 4 is 39.6 Å². The Morgan fingerprint density at radius 1 is 1.17 bits per heavy atom. The van der Waals surface area contributed by atoms with E-state index in [2.05, 4.69) is 26.1 Å². The molecule has 0 saturated carbocycles. The summed E-state index contributed by atoms with van der Waals surface area (Å²) in [7, 11) is 0. The average molecular weight is 465 g/mol. The van der Waals surface area contributed by atoms with Gasteiger partial charge in [0.25, 0.3) is 11.8 Å². The Labute approximate surface area is 177 Å². The maximum Gasteiger partial charge on any atom is 0.261 e. The quantitative estimate of drug-likeness (QED) is 0.442. The van der Waals surface area contributed by atoms with Crippen LogP contribution in [0.3, 0.4) is 0 Å². The predicted molar refractivity (Wildman–Crippen MR) is 110 cm³/mol. The summed E-state index contributed by atoms with van der Waals surface area (Å²) in [6.45, 7) is 2.97. The zero-order valence-corrected chi connectivity index (χ0v) is 17.7. The fourth-order valence-corrected chi connectivity index (χ4v) is 4.15. The summed E-state index contributed by atoms with van der Waals surface area (Å²) >= 11 is 3.30. The lowest BCUT2D eigenvalue weighted by Gasteiger charge is -2.31. The van der Waals surface area contributed by atoms with Crippen LogP contribution >= 0.6 is 15.9 Å². The molecular formula is C20H25BrN4O4. The number of imide groups is 1. The van der Waals surface area contributed by atoms with E-state index >= 15 is 0 Å². The highest BCUT2D eigenvalue weighted by Crippen LogP contribution is 2.26. The molecule has 2 aliphatic heterocycles. The van der Waals surface area contributed by atoms with Crippen LogP contribution in [-0.2, 0) is 9.59 Å². The third-order valence-corrected chi connectivity index (χ3v) is 5.87. The van der Waals surface area contributed by atoms with E-state index in [9.17, 15) is 19.2 Å². The third kappa shape index (κ3) is 5.22. The van der Waals surface area contributed by atoms with Crippen molar-refractivity contribution in [1.29, 1.82) is 0 Å². The molecule has 0 bridgehead atoms. The highest BCUT2D eigenvalue weighted by Gasteiger charge is 2.35. The monoisotopic (exact) mass is 464 g/mol. The molecule has 9 heteroatoms. The summed E-state index contributed by atoms with van der Waals surface area (Å²) in [5.41, 5.74) is 6.12. The van der Waals surface area contributed by atoms with Gasteiger partial charge in [0.2, 0.25) is 11.8 Å². The van der Waals surface area contributed by atoms with Crippen molar-refractivity contribution in [2.75, 3.05) is 32.7 Å². The zero-order valence-electron chi connectivity index (χ0n) is 16.2. The highest BCUT2D eigenvalue weighted by molar-refractivity contribution is 9.10. The molecule has 1 saturated heterocycles. The van der Waals surface area contributed by atoms with Crippen LogP contribution in [0.1, 0.15) is 46.4 Å². The standard InChI is InChI=1S/C20H25BrN4O4/c21-14-4-5-15-16(11-14)20(29)25(19(15)28)10-6-17(26)23-7-2-9-24-8-1-3-13(12-24)18(22)27/h4-5,11,13H,1-3,6-10,12H2,(H2,22,27)(H,23,26). The summed E-state index contributed by atoms with van der Waals surface area (Å²) in [4.78, 5) is 51.5. The van der Waals surface area contributed by atoms with Crippen molar-refractivity contribution in [2.45, 2.75) is 25.7 Å². The largest absolute Gasteiger partial charge is 0.369 e. The zero-order chi connectivity index (χ0) is 21.0. The maximum absolute atomic E-state index is 12.4. The van der Waals surface area contributed by atoms with Crippen LogP contribution in [0.25, 0.3) is 0 Å². The number of hydrogen-bond donors (Lipinski definition) is 2. The molecule has 3 rings (SSSR count). The fraction of sp³-hybridized carbons (Fsp3) is 0.500. The number of halogens is 1. The Hall–Kier alpha value is -2.26. The number of fused-ring (bicyclic) bond motifs is 1. The van der Waals surface area contributed by atoms with Crippen molar-refractivity contribution in [2.24, 2.45) is 11.7 Å². The molecule has 1 aromatic carbocycles. The molecule has 156 valence electrons. The van der Waals surface area contributed by atoms with Crippen LogP contribution in [0.15, 0.2) is 22.7 Å². The van der Waals surface area contributed by atoms with Gasteiger partial charge < -0.3 is 16.0 Å². The lowest BCUT2D eigenvalue weighted by atomic mass is 9.97. The Morgan fingerprint density at radius 2 is 1.93 bits per heavy atom. The molecule has 0 aliphatic carbocycles. The number of primary amides is 1. The van der Waals surface area contributed by atoms with Gasteiger partial charge in [-0.25, -0.2) is 0 Å². The molecule has 29 heavy (non-hydrogen) atoms. The fourth-order valence-electron chi connectivity index (χ4n) is 3.79. The topological polar surface area (TPSA) is 113 Å². The minimum atomic E-state index is -0.367. The first kappa shape index (κ1) is 21.4. The van der Waals surface area contributed by atoms with E-state index in [1.54, 1.807) is 18.2 Å². The molecule has 1 aromatic rings. The molecule has 1 atom stereocenters. The number of piperidine rings is 1. The summed E-state index contributed by atoms with van der Waals surface area (Å²) < 4.78 is 0.729. The maximum atomic E-state index is 12.4. The van der Waals surface area contributed by atoms with Gasteiger partial charge in [-0.1, -0.05) is 15.9 Å². The first-order chi connectivity index (χ1) is 13.9. The minimum absolute atomic E-state index is 0.0578. The first-order valence-corrected chi connectivity index (χ1v) is 10.6. The van der Waals surface area contributed by atoms with Gasteiger partial charge in [-0.15, -0.1) is 0 Å². The van der Waals surface area contributed by atoms with Gasteiger partial charge in [0, 0.05) is 30.5 Å². The number of hydrogen-bond acceptors (Lipinski definition) is 5. The van der Waals surface area contributed by atoms with Crippen LogP contribution in [0, 0.1) is 5.92 Å². The molecule has 4 amide bonds. The second-order valence-corrected chi connectivity index (χ2v) is 8.36. The average Bonchev–Trinajstić information content (AvgIpc) is 2.93. The normalized spacial score (nSPS) is 19.3. The van der Waals surface area contributed by atoms with Gasteiger partial charge in [0.15, 0.2) is 0 Å². The van der Waals surface area contributed by atoms with E-state index in [1.807, 2.05) is 0 Å². The lowest BCUT2D eigenvalue weighted by Crippen LogP contribution is -2.42. The molecule has 1 unspecified atom stereocenters. The van der Waals surface area contributed by atoms with Crippen LogP contribution in [-0.4, -0.2) is 66.2 Å². The number of benzene rings is 1. The Morgan fingerprint density at radius 3 is 2.69 bits per heavy atom. The molecule has 0 radical (unpaired) electrons. The van der Waals surface area contributed by atoms with E-state index in [-0.39, 0.29) is 42.5 Å². The van der Waals surface area contributed by atoms with Crippen LogP contribution in [0.2, 0.25) is 0 Å². The highest BCUT2D eigenvalue weighted by atomic mass is 79.9. The van der Waals surface area contributed by atoms with Crippen molar-refractivity contribution in [3.63, 3.8) is 0 Å². The van der Waals surface area contributed by atoms with E-state index < -0.39 is 0 Å². The molecule has 0 spiro atoms. The molecule has 1 fully saturated rings. The van der Waals surface area contributed by atoms with E-state index in [0.29, 0.717) is 24.2 Å². The number of likely N-dealkylation sites (tertiary alicyclic amines) is 1. The number of nitrogens with two attached hydrogens (primary N) is 1. The smallest absolute Gasteiger partial charge is 0.261 e. The van der Waals surface area contributed by atoms with Crippen molar-refractivity contribution in [1.82, 2.24) is 15.1 Å². The van der Waals surface area contributed by atoms with Gasteiger partial charge in [-0.05, 0) is 50.6 Å². The van der Waals surface area contributed by atoms with Crippen LogP contribution < -0.4 is 11.1 Å². The Kier molecular flexibility index (Phi) is 7.02. The van der Waals surface area contributed by atoms with Crippen LogP contribution in [0.4, 0.5) is 0 Å². The minimum Gasteiger partial charge on any atom is -0.369 e. The van der Waals surface area contributed by atoms with Crippen molar-refractivity contribution < 1.29 is 19.2 Å². The SMILES string of the molecule is NC(=O)C1CCCN(CCCNC(=O)CCN2C(=O)c3ccc(Br)cc3C2=O)C1. The number of nitrogens with zero attached hydrogens (tertiary/aromatic N) is 2. The third-order valence-electron chi connectivity index (χ3n) is 5.38. The summed E-state index contributed by atoms with van der Waals surface area (Å²) in [5, 5.41) is 2.83. The summed E-state index contributed by atoms with van der Waals surface area (Å²) in [6, 6.07) is 4.95. The summed E-state index contributed by atoms with van der Waals surface area (Å²) in [6.07, 6.45) is 2.63. The van der Waals surface area contributed by atoms with Gasteiger partial charge in [0.1, 0.15) is 0 Å². The van der Waals surface area contributed by atoms with Gasteiger partial charge in [-0.3, -0.25) is 24.1 Å². The molecule has 8 nitrogen and oxygen atoms in total. The lowest BCUT2D eigenvalue weighted by molar-refractivity contribution is -0.123. The van der Waals surface area contributed by atoms with E-state index in [0.717, 1.165) is 41.7 Å². The van der Waals surface area contributed by atoms with Crippen molar-refractivity contribution in [3.05, 3.63) is 33.8 Å². The van der Waals surface area contributed by atoms with Crippen LogP contribution in [0.5, 0.6) is 0 Å². The molecule has 3 N–H and O–H groups in total. The van der Waals surface area contributed by atoms with Crippen molar-refractivity contribution in [3.8, 4) is 0 Å². The number of rotatable bonds is 8. The second kappa shape index (κ2) is 9.49. The molecule has 0 aromatic heterocycles. The Bertz CT molecular complexity index is 829. The predicted octanol–water partition coefficient (Wildman–Crippen LogP) is 1.14. The Balaban J connectivity index is 1.37. The first-order valence-electron chi connectivity index (χ1n) is 9.81. The van der Waals surface area contributed by atoms with Gasteiger partial charge in [-0.2, -0.15) is 0 Å². The number of carbonyl (C=O) groups excluding carboxylic acids is 4. The van der Waals surface area contributed by atoms with E-state index in [4.69, 9.17) is 5.73 Å². The number of amides is 4.